The first-order chi connectivity index (χ1) is 15.2. The van der Waals surface area contributed by atoms with Crippen molar-refractivity contribution in [3.05, 3.63) is 83.1 Å². The molecule has 1 aliphatic rings. The molecular weight excluding hydrogens is 416 g/mol. The van der Waals surface area contributed by atoms with Gasteiger partial charge in [-0.1, -0.05) is 29.4 Å². The molecule has 8 heteroatoms. The molecule has 0 spiro atoms. The molecule has 0 aliphatic carbocycles. The van der Waals surface area contributed by atoms with Crippen molar-refractivity contribution in [2.24, 2.45) is 5.16 Å². The Bertz CT molecular complexity index is 1250. The fourth-order valence-electron chi connectivity index (χ4n) is 3.42. The first-order valence-corrected chi connectivity index (χ1v) is 9.82. The minimum Gasteiger partial charge on any atom is -0.381 e. The quantitative estimate of drug-likeness (QED) is 0.646. The van der Waals surface area contributed by atoms with Crippen LogP contribution in [0.25, 0.3) is 11.1 Å². The number of anilines is 1. The van der Waals surface area contributed by atoms with Crippen molar-refractivity contribution in [3.63, 3.8) is 0 Å². The highest BCUT2D eigenvalue weighted by Gasteiger charge is 2.40. The van der Waals surface area contributed by atoms with Crippen LogP contribution in [-0.2, 0) is 9.63 Å². The zero-order chi connectivity index (χ0) is 23.0. The van der Waals surface area contributed by atoms with Crippen LogP contribution in [0.15, 0.2) is 59.9 Å². The number of amides is 1. The number of aromatic nitrogens is 1. The number of halogens is 2. The molecule has 1 aromatic heterocycles. The molecule has 32 heavy (non-hydrogen) atoms. The average molecular weight is 435 g/mol. The molecule has 0 fully saturated rings. The van der Waals surface area contributed by atoms with E-state index in [-0.39, 0.29) is 17.3 Å². The summed E-state index contributed by atoms with van der Waals surface area (Å²) in [7, 11) is 0. The van der Waals surface area contributed by atoms with Crippen LogP contribution in [0, 0.1) is 18.6 Å². The predicted octanol–water partition coefficient (Wildman–Crippen LogP) is 4.67. The van der Waals surface area contributed by atoms with Crippen LogP contribution in [0.1, 0.15) is 35.3 Å². The van der Waals surface area contributed by atoms with Crippen LogP contribution in [0.2, 0.25) is 0 Å². The molecular formula is C24H19F2N3O3. The summed E-state index contributed by atoms with van der Waals surface area (Å²) in [4.78, 5) is 34.3. The minimum absolute atomic E-state index is 0.140. The van der Waals surface area contributed by atoms with Crippen molar-refractivity contribution >= 4 is 23.2 Å². The van der Waals surface area contributed by atoms with E-state index in [0.29, 0.717) is 5.56 Å². The van der Waals surface area contributed by atoms with Gasteiger partial charge in [0.05, 0.1) is 0 Å². The second kappa shape index (κ2) is 7.96. The third kappa shape index (κ3) is 3.75. The first-order valence-electron chi connectivity index (χ1n) is 9.82. The van der Waals surface area contributed by atoms with E-state index < -0.39 is 28.7 Å². The van der Waals surface area contributed by atoms with E-state index in [1.807, 2.05) is 13.0 Å². The number of nitrogens with zero attached hydrogens (tertiary/aromatic N) is 2. The molecule has 0 bridgehead atoms. The summed E-state index contributed by atoms with van der Waals surface area (Å²) >= 11 is 0. The van der Waals surface area contributed by atoms with Gasteiger partial charge in [0, 0.05) is 17.3 Å². The molecule has 3 aromatic rings. The zero-order valence-electron chi connectivity index (χ0n) is 17.6. The van der Waals surface area contributed by atoms with Gasteiger partial charge in [0.1, 0.15) is 23.0 Å². The lowest BCUT2D eigenvalue weighted by Gasteiger charge is -2.13. The Morgan fingerprint density at radius 1 is 1.00 bits per heavy atom. The molecule has 1 amide bonds. The average Bonchev–Trinajstić information content (AvgIpc) is 3.01. The number of Topliss-reactive ketones (excluding diaryl/α,β-unsaturated/α-hetero) is 1. The molecule has 0 saturated carbocycles. The van der Waals surface area contributed by atoms with Gasteiger partial charge in [0.15, 0.2) is 11.3 Å². The Labute approximate surface area is 182 Å². The number of pyridine rings is 1. The van der Waals surface area contributed by atoms with Gasteiger partial charge in [-0.15, -0.1) is 0 Å². The van der Waals surface area contributed by atoms with Crippen molar-refractivity contribution < 1.29 is 23.2 Å². The maximum Gasteiger partial charge on any atom is 0.262 e. The minimum atomic E-state index is -1.00. The van der Waals surface area contributed by atoms with Gasteiger partial charge in [0.2, 0.25) is 5.78 Å². The van der Waals surface area contributed by atoms with E-state index in [9.17, 15) is 18.4 Å². The Balaban J connectivity index is 1.59. The Hall–Kier alpha value is -3.94. The summed E-state index contributed by atoms with van der Waals surface area (Å²) in [6.07, 6.45) is 1.53. The molecule has 6 nitrogen and oxygen atoms in total. The molecule has 0 unspecified atom stereocenters. The van der Waals surface area contributed by atoms with Crippen molar-refractivity contribution in [1.29, 1.82) is 0 Å². The van der Waals surface area contributed by atoms with Gasteiger partial charge < -0.3 is 10.2 Å². The molecule has 0 radical (unpaired) electrons. The van der Waals surface area contributed by atoms with Crippen LogP contribution in [0.5, 0.6) is 0 Å². The monoisotopic (exact) mass is 435 g/mol. The maximum atomic E-state index is 13.8. The van der Waals surface area contributed by atoms with Crippen LogP contribution in [0.4, 0.5) is 14.6 Å². The van der Waals surface area contributed by atoms with E-state index >= 15 is 0 Å². The van der Waals surface area contributed by atoms with Crippen molar-refractivity contribution in [2.75, 3.05) is 5.32 Å². The van der Waals surface area contributed by atoms with Gasteiger partial charge >= 0.3 is 0 Å². The van der Waals surface area contributed by atoms with Crippen molar-refractivity contribution in [3.8, 4) is 11.1 Å². The van der Waals surface area contributed by atoms with E-state index in [1.165, 1.54) is 18.3 Å². The number of hydrogen-bond acceptors (Lipinski definition) is 5. The highest BCUT2D eigenvalue weighted by atomic mass is 19.1. The normalized spacial score (nSPS) is 14.7. The molecule has 0 atom stereocenters. The summed E-state index contributed by atoms with van der Waals surface area (Å²) in [5.41, 5.74) is 1.60. The predicted molar refractivity (Wildman–Crippen MR) is 115 cm³/mol. The molecule has 1 N–H and O–H groups in total. The Morgan fingerprint density at radius 2 is 1.66 bits per heavy atom. The molecule has 162 valence electrons. The van der Waals surface area contributed by atoms with E-state index in [1.54, 1.807) is 32.0 Å². The van der Waals surface area contributed by atoms with Crippen molar-refractivity contribution in [2.45, 2.75) is 26.4 Å². The van der Waals surface area contributed by atoms with E-state index in [2.05, 4.69) is 15.5 Å². The van der Waals surface area contributed by atoms with Gasteiger partial charge in [-0.3, -0.25) is 9.59 Å². The van der Waals surface area contributed by atoms with Gasteiger partial charge in [-0.25, -0.2) is 13.8 Å². The van der Waals surface area contributed by atoms with Crippen molar-refractivity contribution in [1.82, 2.24) is 4.98 Å². The van der Waals surface area contributed by atoms with Gasteiger partial charge in [-0.05, 0) is 56.2 Å². The van der Waals surface area contributed by atoms with Crippen LogP contribution >= 0.6 is 0 Å². The number of carbonyl (C=O) groups excluding carboxylic acids is 2. The lowest BCUT2D eigenvalue weighted by atomic mass is 9.90. The third-order valence-electron chi connectivity index (χ3n) is 5.22. The summed E-state index contributed by atoms with van der Waals surface area (Å²) in [5.74, 6) is -2.90. The van der Waals surface area contributed by atoms with Gasteiger partial charge in [-0.2, -0.15) is 0 Å². The standard InChI is InChI=1S/C24H19F2N3O3/c1-13-15(6-4-7-16(13)21-22(30)24(2,3)32-29-21)14-10-11-19(27-12-14)28-23(31)20-17(25)8-5-9-18(20)26/h4-12H,1-3H3,(H,27,28,31). The number of nitrogens with one attached hydrogen (secondary N) is 1. The lowest BCUT2D eigenvalue weighted by Crippen LogP contribution is -2.33. The fraction of sp³-hybridized carbons (Fsp3) is 0.167. The van der Waals surface area contributed by atoms with Gasteiger partial charge in [0.25, 0.3) is 5.91 Å². The maximum absolute atomic E-state index is 13.8. The SMILES string of the molecule is Cc1c(C2=NOC(C)(C)C2=O)cccc1-c1ccc(NC(=O)c2c(F)cccc2F)nc1. The molecule has 2 aromatic carbocycles. The van der Waals surface area contributed by atoms with E-state index in [4.69, 9.17) is 4.84 Å². The summed E-state index contributed by atoms with van der Waals surface area (Å²) in [6, 6.07) is 11.9. The molecule has 2 heterocycles. The highest BCUT2D eigenvalue weighted by Crippen LogP contribution is 2.30. The first kappa shape index (κ1) is 21.3. The number of hydrogen-bond donors (Lipinski definition) is 1. The highest BCUT2D eigenvalue weighted by molar-refractivity contribution is 6.49. The summed E-state index contributed by atoms with van der Waals surface area (Å²) in [5, 5.41) is 6.36. The smallest absolute Gasteiger partial charge is 0.262 e. The van der Waals surface area contributed by atoms with Crippen LogP contribution < -0.4 is 5.32 Å². The lowest BCUT2D eigenvalue weighted by molar-refractivity contribution is -0.128. The second-order valence-corrected chi connectivity index (χ2v) is 7.83. The third-order valence-corrected chi connectivity index (χ3v) is 5.22. The largest absolute Gasteiger partial charge is 0.381 e. The number of benzene rings is 2. The summed E-state index contributed by atoms with van der Waals surface area (Å²) < 4.78 is 27.6. The molecule has 0 saturated heterocycles. The number of oxime groups is 1. The Kier molecular flexibility index (Phi) is 5.30. The molecule has 4 rings (SSSR count). The van der Waals surface area contributed by atoms with E-state index in [0.717, 1.165) is 28.8 Å². The number of carbonyl (C=O) groups is 2. The topological polar surface area (TPSA) is 80.6 Å². The number of ketones is 1. The Morgan fingerprint density at radius 3 is 2.25 bits per heavy atom. The van der Waals surface area contributed by atoms with Crippen LogP contribution in [-0.4, -0.2) is 28.0 Å². The zero-order valence-corrected chi connectivity index (χ0v) is 17.6. The number of rotatable bonds is 4. The molecule has 1 aliphatic heterocycles. The van der Waals surface area contributed by atoms with Crippen LogP contribution in [0.3, 0.4) is 0 Å². The second-order valence-electron chi connectivity index (χ2n) is 7.83. The summed E-state index contributed by atoms with van der Waals surface area (Å²) in [6.45, 7) is 5.19. The fourth-order valence-corrected chi connectivity index (χ4v) is 3.42.